The third-order valence-corrected chi connectivity index (χ3v) is 3.12. The van der Waals surface area contributed by atoms with Crippen molar-refractivity contribution in [3.8, 4) is 5.75 Å². The van der Waals surface area contributed by atoms with Crippen molar-refractivity contribution in [1.82, 2.24) is 5.32 Å². The molecule has 0 spiro atoms. The molecule has 0 heterocycles. The Bertz CT molecular complexity index is 418. The maximum Gasteiger partial charge on any atom is 0.239 e. The molecule has 2 unspecified atom stereocenters. The van der Waals surface area contributed by atoms with Crippen molar-refractivity contribution in [2.45, 2.75) is 25.9 Å². The van der Waals surface area contributed by atoms with Crippen LogP contribution in [0, 0.1) is 5.92 Å². The lowest BCUT2D eigenvalue weighted by Gasteiger charge is -2.24. The molecule has 0 aromatic heterocycles. The molecule has 3 N–H and O–H groups in total. The van der Waals surface area contributed by atoms with Crippen molar-refractivity contribution in [3.63, 3.8) is 0 Å². The molecule has 1 amide bonds. The first-order valence-corrected chi connectivity index (χ1v) is 6.68. The summed E-state index contributed by atoms with van der Waals surface area (Å²) in [4.78, 5) is 12.0. The zero-order valence-electron chi connectivity index (χ0n) is 12.6. The van der Waals surface area contributed by atoms with Crippen molar-refractivity contribution >= 4 is 5.91 Å². The van der Waals surface area contributed by atoms with Crippen LogP contribution in [0.5, 0.6) is 5.75 Å². The van der Waals surface area contributed by atoms with E-state index >= 15 is 0 Å². The summed E-state index contributed by atoms with van der Waals surface area (Å²) in [6, 6.07) is 6.92. The molecule has 0 saturated carbocycles. The number of nitrogens with one attached hydrogen (secondary N) is 1. The second-order valence-electron chi connectivity index (χ2n) is 5.07. The Morgan fingerprint density at radius 2 is 1.85 bits per heavy atom. The van der Waals surface area contributed by atoms with Gasteiger partial charge in [-0.15, -0.1) is 0 Å². The van der Waals surface area contributed by atoms with E-state index in [9.17, 15) is 4.79 Å². The van der Waals surface area contributed by atoms with Crippen LogP contribution in [0.15, 0.2) is 24.3 Å². The summed E-state index contributed by atoms with van der Waals surface area (Å²) in [5.41, 5.74) is 6.77. The van der Waals surface area contributed by atoms with E-state index in [0.717, 1.165) is 11.3 Å². The molecule has 1 aromatic carbocycles. The number of methoxy groups -OCH3 is 2. The average molecular weight is 280 g/mol. The molecule has 0 radical (unpaired) electrons. The Kier molecular flexibility index (Phi) is 6.48. The maximum atomic E-state index is 12.0. The second kappa shape index (κ2) is 7.87. The molecular formula is C15H24N2O3. The van der Waals surface area contributed by atoms with Gasteiger partial charge in [-0.05, 0) is 23.6 Å². The molecule has 2 atom stereocenters. The van der Waals surface area contributed by atoms with Crippen LogP contribution in [0.25, 0.3) is 0 Å². The van der Waals surface area contributed by atoms with E-state index in [1.54, 1.807) is 7.11 Å². The van der Waals surface area contributed by atoms with Crippen LogP contribution >= 0.6 is 0 Å². The van der Waals surface area contributed by atoms with Gasteiger partial charge < -0.3 is 20.5 Å². The fraction of sp³-hybridized carbons (Fsp3) is 0.533. The summed E-state index contributed by atoms with van der Waals surface area (Å²) in [6.45, 7) is 4.31. The molecule has 1 aromatic rings. The van der Waals surface area contributed by atoms with Crippen LogP contribution in [-0.4, -0.2) is 32.8 Å². The van der Waals surface area contributed by atoms with Gasteiger partial charge in [-0.2, -0.15) is 0 Å². The van der Waals surface area contributed by atoms with Crippen molar-refractivity contribution < 1.29 is 14.3 Å². The normalized spacial score (nSPS) is 13.9. The smallest absolute Gasteiger partial charge is 0.239 e. The number of ether oxygens (including phenoxy) is 2. The summed E-state index contributed by atoms with van der Waals surface area (Å²) >= 11 is 0. The van der Waals surface area contributed by atoms with Gasteiger partial charge >= 0.3 is 0 Å². The molecule has 0 bridgehead atoms. The highest BCUT2D eigenvalue weighted by molar-refractivity contribution is 5.82. The lowest BCUT2D eigenvalue weighted by Crippen LogP contribution is -2.45. The minimum atomic E-state index is -0.653. The zero-order valence-corrected chi connectivity index (χ0v) is 12.6. The van der Waals surface area contributed by atoms with Gasteiger partial charge in [-0.3, -0.25) is 4.79 Å². The molecule has 0 aliphatic rings. The van der Waals surface area contributed by atoms with E-state index in [1.165, 1.54) is 7.11 Å². The third-order valence-electron chi connectivity index (χ3n) is 3.12. The first kappa shape index (κ1) is 16.5. The van der Waals surface area contributed by atoms with E-state index in [1.807, 2.05) is 24.3 Å². The van der Waals surface area contributed by atoms with E-state index in [-0.39, 0.29) is 24.5 Å². The largest absolute Gasteiger partial charge is 0.497 e. The molecule has 0 aliphatic carbocycles. The average Bonchev–Trinajstić information content (AvgIpc) is 2.44. The Balaban J connectivity index is 2.80. The van der Waals surface area contributed by atoms with Gasteiger partial charge in [-0.1, -0.05) is 26.0 Å². The quantitative estimate of drug-likeness (QED) is 0.793. The predicted molar refractivity (Wildman–Crippen MR) is 78.6 cm³/mol. The molecule has 5 heteroatoms. The van der Waals surface area contributed by atoms with Crippen molar-refractivity contribution in [3.05, 3.63) is 29.8 Å². The van der Waals surface area contributed by atoms with Gasteiger partial charge in [0.1, 0.15) is 11.8 Å². The molecule has 1 rings (SSSR count). The fourth-order valence-electron chi connectivity index (χ4n) is 1.96. The Labute approximate surface area is 120 Å². The third kappa shape index (κ3) is 4.51. The van der Waals surface area contributed by atoms with Crippen LogP contribution in [0.1, 0.15) is 25.5 Å². The van der Waals surface area contributed by atoms with Gasteiger partial charge in [0, 0.05) is 7.11 Å². The van der Waals surface area contributed by atoms with Crippen LogP contribution in [0.4, 0.5) is 0 Å². The first-order valence-electron chi connectivity index (χ1n) is 6.68. The number of benzene rings is 1. The van der Waals surface area contributed by atoms with Crippen molar-refractivity contribution in [2.75, 3.05) is 20.8 Å². The van der Waals surface area contributed by atoms with E-state index in [4.69, 9.17) is 15.2 Å². The van der Waals surface area contributed by atoms with E-state index in [0.29, 0.717) is 0 Å². The highest BCUT2D eigenvalue weighted by atomic mass is 16.5. The highest BCUT2D eigenvalue weighted by Gasteiger charge is 2.21. The number of amides is 1. The van der Waals surface area contributed by atoms with Gasteiger partial charge in [0.05, 0.1) is 19.8 Å². The number of carbonyl (C=O) groups is 1. The predicted octanol–water partition coefficient (Wildman–Crippen LogP) is 1.48. The minimum absolute atomic E-state index is 0.0867. The summed E-state index contributed by atoms with van der Waals surface area (Å²) in [5, 5.41) is 2.97. The Morgan fingerprint density at radius 3 is 2.30 bits per heavy atom. The number of hydrogen-bond donors (Lipinski definition) is 2. The SMILES string of the molecule is COCC(N)C(=O)NC(c1ccc(OC)cc1)C(C)C. The molecule has 0 aliphatic heterocycles. The van der Waals surface area contributed by atoms with Crippen LogP contribution in [0.3, 0.4) is 0 Å². The van der Waals surface area contributed by atoms with Crippen molar-refractivity contribution in [2.24, 2.45) is 11.7 Å². The lowest BCUT2D eigenvalue weighted by molar-refractivity contribution is -0.124. The summed E-state index contributed by atoms with van der Waals surface area (Å²) in [7, 11) is 3.15. The van der Waals surface area contributed by atoms with Gasteiger partial charge in [-0.25, -0.2) is 0 Å². The van der Waals surface area contributed by atoms with E-state index < -0.39 is 6.04 Å². The summed E-state index contributed by atoms with van der Waals surface area (Å²) < 4.78 is 10.0. The molecule has 0 saturated heterocycles. The fourth-order valence-corrected chi connectivity index (χ4v) is 1.96. The first-order chi connectivity index (χ1) is 9.49. The van der Waals surface area contributed by atoms with Crippen LogP contribution in [-0.2, 0) is 9.53 Å². The van der Waals surface area contributed by atoms with Crippen LogP contribution in [0.2, 0.25) is 0 Å². The number of carbonyl (C=O) groups excluding carboxylic acids is 1. The number of hydrogen-bond acceptors (Lipinski definition) is 4. The standard InChI is InChI=1S/C15H24N2O3/c1-10(2)14(17-15(18)13(16)9-19-3)11-5-7-12(20-4)8-6-11/h5-8,10,13-14H,9,16H2,1-4H3,(H,17,18). The molecular weight excluding hydrogens is 256 g/mol. The summed E-state index contributed by atoms with van der Waals surface area (Å²) in [6.07, 6.45) is 0. The number of nitrogens with two attached hydrogens (primary N) is 1. The van der Waals surface area contributed by atoms with Crippen LogP contribution < -0.4 is 15.8 Å². The summed E-state index contributed by atoms with van der Waals surface area (Å²) in [5.74, 6) is 0.835. The van der Waals surface area contributed by atoms with Gasteiger partial charge in [0.2, 0.25) is 5.91 Å². The Hall–Kier alpha value is -1.59. The minimum Gasteiger partial charge on any atom is -0.497 e. The van der Waals surface area contributed by atoms with Gasteiger partial charge in [0.15, 0.2) is 0 Å². The van der Waals surface area contributed by atoms with Gasteiger partial charge in [0.25, 0.3) is 0 Å². The molecule has 5 nitrogen and oxygen atoms in total. The Morgan fingerprint density at radius 1 is 1.25 bits per heavy atom. The monoisotopic (exact) mass is 280 g/mol. The molecule has 20 heavy (non-hydrogen) atoms. The molecule has 112 valence electrons. The van der Waals surface area contributed by atoms with E-state index in [2.05, 4.69) is 19.2 Å². The number of rotatable bonds is 7. The lowest BCUT2D eigenvalue weighted by atomic mass is 9.95. The maximum absolute atomic E-state index is 12.0. The zero-order chi connectivity index (χ0) is 15.1. The van der Waals surface area contributed by atoms with Crippen molar-refractivity contribution in [1.29, 1.82) is 0 Å². The second-order valence-corrected chi connectivity index (χ2v) is 5.07. The topological polar surface area (TPSA) is 73.6 Å². The highest BCUT2D eigenvalue weighted by Crippen LogP contribution is 2.23. The molecule has 0 fully saturated rings.